The highest BCUT2D eigenvalue weighted by atomic mass is 35.5. The van der Waals surface area contributed by atoms with Crippen molar-refractivity contribution < 1.29 is 19.1 Å². The van der Waals surface area contributed by atoms with E-state index in [0.717, 1.165) is 0 Å². The number of hydrogen-bond donors (Lipinski definition) is 0. The van der Waals surface area contributed by atoms with Crippen LogP contribution < -0.4 is 9.47 Å². The van der Waals surface area contributed by atoms with Crippen LogP contribution in [0.4, 0.5) is 0 Å². The Morgan fingerprint density at radius 1 is 0.967 bits per heavy atom. The average molecular weight is 460 g/mol. The summed E-state index contributed by atoms with van der Waals surface area (Å²) in [5, 5.41) is -0.170. The number of carbonyl (C=O) groups excluding carboxylic acids is 2. The van der Waals surface area contributed by atoms with Gasteiger partial charge < -0.3 is 9.47 Å². The number of hydrogen-bond acceptors (Lipinski definition) is 4. The Morgan fingerprint density at radius 2 is 1.67 bits per heavy atom. The van der Waals surface area contributed by atoms with Gasteiger partial charge in [-0.2, -0.15) is 0 Å². The van der Waals surface area contributed by atoms with Crippen molar-refractivity contribution in [2.75, 3.05) is 0 Å². The average Bonchev–Trinajstić information content (AvgIpc) is 3.05. The molecule has 4 nitrogen and oxygen atoms in total. The lowest BCUT2D eigenvalue weighted by Gasteiger charge is -2.10. The fourth-order valence-corrected chi connectivity index (χ4v) is 3.63. The van der Waals surface area contributed by atoms with Crippen LogP contribution in [0.5, 0.6) is 11.5 Å². The van der Waals surface area contributed by atoms with E-state index in [1.54, 1.807) is 42.5 Å². The number of rotatable bonds is 4. The van der Waals surface area contributed by atoms with E-state index in [0.29, 0.717) is 26.7 Å². The Morgan fingerprint density at radius 3 is 2.37 bits per heavy atom. The molecule has 1 aliphatic rings. The first-order valence-electron chi connectivity index (χ1n) is 8.87. The van der Waals surface area contributed by atoms with Crippen LogP contribution in [0.3, 0.4) is 0 Å². The van der Waals surface area contributed by atoms with Crippen molar-refractivity contribution in [2.45, 2.75) is 5.38 Å². The first-order valence-corrected chi connectivity index (χ1v) is 10.1. The molecule has 0 saturated carbocycles. The molecule has 0 bridgehead atoms. The second kappa shape index (κ2) is 8.52. The van der Waals surface area contributed by atoms with Gasteiger partial charge in [-0.1, -0.05) is 59.6 Å². The Labute approximate surface area is 187 Å². The first-order chi connectivity index (χ1) is 14.4. The zero-order chi connectivity index (χ0) is 21.3. The van der Waals surface area contributed by atoms with Gasteiger partial charge in [-0.15, -0.1) is 11.6 Å². The first kappa shape index (κ1) is 20.5. The largest absolute Gasteiger partial charge is 0.452 e. The molecule has 0 aliphatic carbocycles. The van der Waals surface area contributed by atoms with Crippen molar-refractivity contribution in [3.05, 3.63) is 99.2 Å². The molecule has 0 radical (unpaired) electrons. The van der Waals surface area contributed by atoms with Gasteiger partial charge in [0.2, 0.25) is 5.78 Å². The van der Waals surface area contributed by atoms with Crippen molar-refractivity contribution in [2.24, 2.45) is 0 Å². The van der Waals surface area contributed by atoms with E-state index in [4.69, 9.17) is 44.3 Å². The highest BCUT2D eigenvalue weighted by Crippen LogP contribution is 2.37. The van der Waals surface area contributed by atoms with Crippen molar-refractivity contribution in [1.82, 2.24) is 0 Å². The fourth-order valence-electron chi connectivity index (χ4n) is 2.94. The molecule has 4 rings (SSSR count). The summed E-state index contributed by atoms with van der Waals surface area (Å²) in [6.07, 6.45) is 1.49. The van der Waals surface area contributed by atoms with E-state index in [2.05, 4.69) is 0 Å². The SMILES string of the molecule is O=C1/C(=C/c2c(Cl)cccc2Cl)Oc2cc(OC(=O)C(Cl)c3ccccc3)ccc21. The summed E-state index contributed by atoms with van der Waals surface area (Å²) in [5.41, 5.74) is 1.45. The predicted octanol–water partition coefficient (Wildman–Crippen LogP) is 6.50. The molecule has 0 spiro atoms. The van der Waals surface area contributed by atoms with Gasteiger partial charge >= 0.3 is 5.97 Å². The second-order valence-electron chi connectivity index (χ2n) is 6.43. The predicted molar refractivity (Wildman–Crippen MR) is 117 cm³/mol. The highest BCUT2D eigenvalue weighted by molar-refractivity contribution is 6.37. The zero-order valence-corrected chi connectivity index (χ0v) is 17.5. The number of fused-ring (bicyclic) bond motifs is 1. The molecule has 0 amide bonds. The minimum absolute atomic E-state index is 0.0722. The summed E-state index contributed by atoms with van der Waals surface area (Å²) < 4.78 is 11.0. The summed E-state index contributed by atoms with van der Waals surface area (Å²) in [5.74, 6) is -0.400. The van der Waals surface area contributed by atoms with Gasteiger partial charge in [0.25, 0.3) is 0 Å². The van der Waals surface area contributed by atoms with Crippen molar-refractivity contribution in [1.29, 1.82) is 0 Å². The number of esters is 1. The summed E-state index contributed by atoms with van der Waals surface area (Å²) >= 11 is 18.5. The van der Waals surface area contributed by atoms with E-state index in [9.17, 15) is 9.59 Å². The molecule has 1 unspecified atom stereocenters. The quantitative estimate of drug-likeness (QED) is 0.193. The molecular weight excluding hydrogens is 447 g/mol. The third-order valence-corrected chi connectivity index (χ3v) is 5.52. The maximum atomic E-state index is 12.6. The van der Waals surface area contributed by atoms with Crippen molar-refractivity contribution >= 4 is 52.6 Å². The number of ether oxygens (including phenoxy) is 2. The van der Waals surface area contributed by atoms with Gasteiger partial charge in [0.1, 0.15) is 11.5 Å². The molecule has 0 fully saturated rings. The smallest absolute Gasteiger partial charge is 0.334 e. The number of halogens is 3. The summed E-state index contributed by atoms with van der Waals surface area (Å²) in [6.45, 7) is 0. The number of benzene rings is 3. The van der Waals surface area contributed by atoms with Crippen LogP contribution in [0.1, 0.15) is 26.9 Å². The van der Waals surface area contributed by atoms with E-state index in [1.165, 1.54) is 24.3 Å². The number of ketones is 1. The Bertz CT molecular complexity index is 1150. The van der Waals surface area contributed by atoms with Gasteiger partial charge in [-0.05, 0) is 35.9 Å². The molecule has 3 aromatic carbocycles. The van der Waals surface area contributed by atoms with Crippen molar-refractivity contribution in [3.8, 4) is 11.5 Å². The summed E-state index contributed by atoms with van der Waals surface area (Å²) in [6, 6.07) is 18.4. The number of carbonyl (C=O) groups is 2. The van der Waals surface area contributed by atoms with E-state index < -0.39 is 11.3 Å². The van der Waals surface area contributed by atoms with Gasteiger partial charge in [-0.25, -0.2) is 4.79 Å². The number of allylic oxidation sites excluding steroid dienone is 1. The lowest BCUT2D eigenvalue weighted by Crippen LogP contribution is -2.14. The fraction of sp³-hybridized carbons (Fsp3) is 0.0435. The Kier molecular flexibility index (Phi) is 5.82. The van der Waals surface area contributed by atoms with Gasteiger partial charge in [-0.3, -0.25) is 4.79 Å². The third-order valence-electron chi connectivity index (χ3n) is 4.43. The standard InChI is InChI=1S/C23H13Cl3O4/c24-17-7-4-8-18(25)16(17)12-20-22(27)15-10-9-14(11-19(15)30-20)29-23(28)21(26)13-5-2-1-3-6-13/h1-12,21H/b20-12-. The van der Waals surface area contributed by atoms with E-state index in [1.807, 2.05) is 6.07 Å². The molecule has 1 aliphatic heterocycles. The molecule has 30 heavy (non-hydrogen) atoms. The normalized spacial score (nSPS) is 14.9. The maximum absolute atomic E-state index is 12.6. The van der Waals surface area contributed by atoms with Crippen LogP contribution in [0.2, 0.25) is 10.0 Å². The summed E-state index contributed by atoms with van der Waals surface area (Å²) in [4.78, 5) is 25.0. The van der Waals surface area contributed by atoms with Crippen LogP contribution in [0.15, 0.2) is 72.5 Å². The molecule has 1 atom stereocenters. The van der Waals surface area contributed by atoms with Crippen molar-refractivity contribution in [3.63, 3.8) is 0 Å². The lowest BCUT2D eigenvalue weighted by atomic mass is 10.1. The van der Waals surface area contributed by atoms with Crippen LogP contribution in [0, 0.1) is 0 Å². The van der Waals surface area contributed by atoms with Crippen LogP contribution >= 0.6 is 34.8 Å². The molecule has 0 saturated heterocycles. The lowest BCUT2D eigenvalue weighted by molar-refractivity contribution is -0.134. The van der Waals surface area contributed by atoms with Crippen LogP contribution in [0.25, 0.3) is 6.08 Å². The zero-order valence-electron chi connectivity index (χ0n) is 15.3. The number of Topliss-reactive ketones (excluding diaryl/α,β-unsaturated/α-hetero) is 1. The van der Waals surface area contributed by atoms with Gasteiger partial charge in [0, 0.05) is 21.7 Å². The van der Waals surface area contributed by atoms with Crippen LogP contribution in [-0.4, -0.2) is 11.8 Å². The highest BCUT2D eigenvalue weighted by Gasteiger charge is 2.29. The number of alkyl halides is 1. The molecule has 0 N–H and O–H groups in total. The molecule has 1 heterocycles. The Balaban J connectivity index is 1.55. The van der Waals surface area contributed by atoms with Gasteiger partial charge in [0.05, 0.1) is 5.56 Å². The second-order valence-corrected chi connectivity index (χ2v) is 7.68. The van der Waals surface area contributed by atoms with Crippen LogP contribution in [-0.2, 0) is 4.79 Å². The molecule has 150 valence electrons. The Hall–Kier alpha value is -2.79. The van der Waals surface area contributed by atoms with E-state index in [-0.39, 0.29) is 23.0 Å². The molecular formula is C23H13Cl3O4. The van der Waals surface area contributed by atoms with E-state index >= 15 is 0 Å². The molecule has 7 heteroatoms. The summed E-state index contributed by atoms with van der Waals surface area (Å²) in [7, 11) is 0. The molecule has 0 aromatic heterocycles. The minimum atomic E-state index is -0.958. The topological polar surface area (TPSA) is 52.6 Å². The monoisotopic (exact) mass is 458 g/mol. The molecule has 3 aromatic rings. The third kappa shape index (κ3) is 4.08. The minimum Gasteiger partial charge on any atom is -0.452 e. The van der Waals surface area contributed by atoms with Gasteiger partial charge in [0.15, 0.2) is 11.1 Å². The maximum Gasteiger partial charge on any atom is 0.334 e.